The molecular formula is C11H12BrN5S. The third kappa shape index (κ3) is 3.33. The quantitative estimate of drug-likeness (QED) is 0.842. The number of halogens is 1. The molecule has 5 nitrogen and oxygen atoms in total. The summed E-state index contributed by atoms with van der Waals surface area (Å²) in [6, 6.07) is 5.66. The molecular weight excluding hydrogens is 314 g/mol. The van der Waals surface area contributed by atoms with Gasteiger partial charge in [0.1, 0.15) is 15.9 Å². The molecule has 0 amide bonds. The van der Waals surface area contributed by atoms with Gasteiger partial charge in [0.2, 0.25) is 5.95 Å². The molecule has 2 rings (SSSR count). The van der Waals surface area contributed by atoms with Gasteiger partial charge in [0, 0.05) is 18.8 Å². The molecule has 0 radical (unpaired) electrons. The maximum absolute atomic E-state index is 5.67. The molecule has 94 valence electrons. The number of nitrogens with zero attached hydrogens (tertiary/aromatic N) is 3. The van der Waals surface area contributed by atoms with Gasteiger partial charge in [-0.2, -0.15) is 4.98 Å². The average molecular weight is 326 g/mol. The molecule has 0 bridgehead atoms. The number of rotatable bonds is 4. The van der Waals surface area contributed by atoms with E-state index in [1.807, 2.05) is 25.1 Å². The van der Waals surface area contributed by atoms with Crippen molar-refractivity contribution < 1.29 is 0 Å². The van der Waals surface area contributed by atoms with E-state index in [0.29, 0.717) is 0 Å². The van der Waals surface area contributed by atoms with Crippen LogP contribution in [0.5, 0.6) is 0 Å². The molecule has 0 saturated carbocycles. The fraction of sp³-hybridized carbons (Fsp3) is 0.182. The second-order valence-electron chi connectivity index (χ2n) is 3.37. The van der Waals surface area contributed by atoms with E-state index in [2.05, 4.69) is 36.2 Å². The number of nitrogens with one attached hydrogen (secondary N) is 1. The first-order chi connectivity index (χ1) is 8.69. The van der Waals surface area contributed by atoms with Crippen molar-refractivity contribution in [3.8, 4) is 0 Å². The van der Waals surface area contributed by atoms with Crippen molar-refractivity contribution in [2.24, 2.45) is 0 Å². The van der Waals surface area contributed by atoms with Crippen LogP contribution in [0.3, 0.4) is 0 Å². The third-order valence-corrected chi connectivity index (χ3v) is 3.84. The van der Waals surface area contributed by atoms with Crippen LogP contribution in [-0.4, -0.2) is 21.5 Å². The van der Waals surface area contributed by atoms with Gasteiger partial charge in [0.25, 0.3) is 0 Å². The lowest BCUT2D eigenvalue weighted by atomic mass is 10.5. The highest BCUT2D eigenvalue weighted by atomic mass is 79.9. The lowest BCUT2D eigenvalue weighted by Gasteiger charge is -2.06. The van der Waals surface area contributed by atoms with Crippen molar-refractivity contribution in [1.82, 2.24) is 15.0 Å². The Morgan fingerprint density at radius 2 is 2.28 bits per heavy atom. The van der Waals surface area contributed by atoms with E-state index < -0.39 is 0 Å². The minimum Gasteiger partial charge on any atom is -0.370 e. The highest BCUT2D eigenvalue weighted by Crippen LogP contribution is 2.31. The van der Waals surface area contributed by atoms with E-state index in [1.165, 1.54) is 11.8 Å². The summed E-state index contributed by atoms with van der Waals surface area (Å²) in [5.74, 6) is 0.975. The molecule has 0 aliphatic heterocycles. The highest BCUT2D eigenvalue weighted by Gasteiger charge is 2.07. The molecule has 0 spiro atoms. The van der Waals surface area contributed by atoms with Crippen molar-refractivity contribution in [1.29, 1.82) is 0 Å². The van der Waals surface area contributed by atoms with Crippen molar-refractivity contribution >= 4 is 39.5 Å². The lowest BCUT2D eigenvalue weighted by Crippen LogP contribution is -2.03. The van der Waals surface area contributed by atoms with E-state index in [9.17, 15) is 0 Å². The van der Waals surface area contributed by atoms with Gasteiger partial charge >= 0.3 is 0 Å². The maximum Gasteiger partial charge on any atom is 0.223 e. The number of nitrogen functional groups attached to an aromatic ring is 1. The van der Waals surface area contributed by atoms with Crippen LogP contribution in [0.25, 0.3) is 0 Å². The smallest absolute Gasteiger partial charge is 0.223 e. The van der Waals surface area contributed by atoms with Gasteiger partial charge in [-0.15, -0.1) is 0 Å². The number of pyridine rings is 1. The van der Waals surface area contributed by atoms with Crippen molar-refractivity contribution in [3.05, 3.63) is 28.9 Å². The number of nitrogens with two attached hydrogens (primary N) is 1. The predicted molar refractivity (Wildman–Crippen MR) is 76.7 cm³/mol. The molecule has 0 atom stereocenters. The number of hydrogen-bond acceptors (Lipinski definition) is 6. The molecule has 0 aromatic carbocycles. The normalized spacial score (nSPS) is 10.3. The van der Waals surface area contributed by atoms with Crippen LogP contribution in [0.15, 0.2) is 38.9 Å². The summed E-state index contributed by atoms with van der Waals surface area (Å²) in [7, 11) is 0. The van der Waals surface area contributed by atoms with Gasteiger partial charge in [-0.25, -0.2) is 9.97 Å². The summed E-state index contributed by atoms with van der Waals surface area (Å²) >= 11 is 4.89. The Labute approximate surface area is 118 Å². The Morgan fingerprint density at radius 1 is 1.44 bits per heavy atom. The molecule has 0 unspecified atom stereocenters. The van der Waals surface area contributed by atoms with E-state index in [4.69, 9.17) is 5.73 Å². The Bertz CT molecular complexity index is 549. The van der Waals surface area contributed by atoms with Gasteiger partial charge in [-0.1, -0.05) is 0 Å². The van der Waals surface area contributed by atoms with Crippen LogP contribution in [0, 0.1) is 0 Å². The second kappa shape index (κ2) is 6.01. The highest BCUT2D eigenvalue weighted by molar-refractivity contribution is 9.10. The average Bonchev–Trinajstić information content (AvgIpc) is 2.32. The number of hydrogen-bond donors (Lipinski definition) is 2. The summed E-state index contributed by atoms with van der Waals surface area (Å²) in [6.07, 6.45) is 1.74. The van der Waals surface area contributed by atoms with Crippen LogP contribution < -0.4 is 11.1 Å². The zero-order valence-electron chi connectivity index (χ0n) is 9.72. The molecule has 2 aromatic rings. The van der Waals surface area contributed by atoms with Gasteiger partial charge in [-0.05, 0) is 46.7 Å². The van der Waals surface area contributed by atoms with E-state index >= 15 is 0 Å². The van der Waals surface area contributed by atoms with Gasteiger partial charge in [-0.3, -0.25) is 0 Å². The molecule has 7 heteroatoms. The maximum atomic E-state index is 5.67. The fourth-order valence-electron chi connectivity index (χ4n) is 1.31. The summed E-state index contributed by atoms with van der Waals surface area (Å²) < 4.78 is 0.928. The van der Waals surface area contributed by atoms with Gasteiger partial charge in [0.05, 0.1) is 4.47 Å². The Balaban J connectivity index is 2.26. The first kappa shape index (κ1) is 13.1. The molecule has 0 saturated heterocycles. The monoisotopic (exact) mass is 325 g/mol. The van der Waals surface area contributed by atoms with Crippen LogP contribution >= 0.6 is 27.7 Å². The molecule has 2 aromatic heterocycles. The van der Waals surface area contributed by atoms with E-state index in [0.717, 1.165) is 26.9 Å². The topological polar surface area (TPSA) is 76.7 Å². The zero-order valence-corrected chi connectivity index (χ0v) is 12.1. The molecule has 0 aliphatic carbocycles. The third-order valence-electron chi connectivity index (χ3n) is 2.00. The SMILES string of the molecule is CCNc1cc(Sc2ncccc2Br)nc(N)n1. The van der Waals surface area contributed by atoms with Crippen molar-refractivity contribution in [2.45, 2.75) is 17.0 Å². The number of aromatic nitrogens is 3. The molecule has 0 fully saturated rings. The van der Waals surface area contributed by atoms with Crippen molar-refractivity contribution in [3.63, 3.8) is 0 Å². The van der Waals surface area contributed by atoms with E-state index in [-0.39, 0.29) is 5.95 Å². The Kier molecular flexibility index (Phi) is 4.38. The lowest BCUT2D eigenvalue weighted by molar-refractivity contribution is 1.03. The van der Waals surface area contributed by atoms with E-state index in [1.54, 1.807) is 6.20 Å². The summed E-state index contributed by atoms with van der Waals surface area (Å²) in [5, 5.41) is 4.72. The van der Waals surface area contributed by atoms with Crippen LogP contribution in [0.2, 0.25) is 0 Å². The Hall–Kier alpha value is -1.34. The van der Waals surface area contributed by atoms with Gasteiger partial charge < -0.3 is 11.1 Å². The Morgan fingerprint density at radius 3 is 3.00 bits per heavy atom. The summed E-state index contributed by atoms with van der Waals surface area (Å²) in [6.45, 7) is 2.79. The fourth-order valence-corrected chi connectivity index (χ4v) is 2.60. The minimum atomic E-state index is 0.253. The molecule has 2 heterocycles. The first-order valence-corrected chi connectivity index (χ1v) is 6.96. The second-order valence-corrected chi connectivity index (χ2v) is 5.24. The van der Waals surface area contributed by atoms with Crippen LogP contribution in [-0.2, 0) is 0 Å². The first-order valence-electron chi connectivity index (χ1n) is 5.36. The molecule has 0 aliphatic rings. The predicted octanol–water partition coefficient (Wildman–Crippen LogP) is 2.80. The van der Waals surface area contributed by atoms with Gasteiger partial charge in [0.15, 0.2) is 0 Å². The molecule has 3 N–H and O–H groups in total. The van der Waals surface area contributed by atoms with Crippen LogP contribution in [0.1, 0.15) is 6.92 Å². The standard InChI is InChI=1S/C11H12BrN5S/c1-2-14-8-6-9(17-11(13)16-8)18-10-7(12)4-3-5-15-10/h3-6H,2H2,1H3,(H3,13,14,16,17). The summed E-state index contributed by atoms with van der Waals surface area (Å²) in [4.78, 5) is 12.6. The summed E-state index contributed by atoms with van der Waals surface area (Å²) in [5.41, 5.74) is 5.67. The van der Waals surface area contributed by atoms with Crippen LogP contribution in [0.4, 0.5) is 11.8 Å². The van der Waals surface area contributed by atoms with Crippen molar-refractivity contribution in [2.75, 3.05) is 17.6 Å². The minimum absolute atomic E-state index is 0.253. The molecule has 18 heavy (non-hydrogen) atoms. The largest absolute Gasteiger partial charge is 0.370 e. The zero-order chi connectivity index (χ0) is 13.0. The number of anilines is 2.